The fraction of sp³-hybridized carbons (Fsp3) is 0.792. The van der Waals surface area contributed by atoms with Crippen molar-refractivity contribution in [3.05, 3.63) is 11.6 Å². The van der Waals surface area contributed by atoms with Gasteiger partial charge < -0.3 is 34.6 Å². The molecular weight excluding hydrogens is 448 g/mol. The number of fused-ring (bicyclic) bond motifs is 4. The fourth-order valence-electron chi connectivity index (χ4n) is 7.65. The molecule has 0 aromatic carbocycles. The predicted octanol–water partition coefficient (Wildman–Crippen LogP) is 0.341. The zero-order valence-electron chi connectivity index (χ0n) is 20.3. The van der Waals surface area contributed by atoms with Crippen molar-refractivity contribution in [1.29, 1.82) is 0 Å². The smallest absolute Gasteiger partial charge is 0.333 e. The van der Waals surface area contributed by atoms with Gasteiger partial charge in [0.25, 0.3) is 0 Å². The first-order chi connectivity index (χ1) is 15.4. The minimum Gasteiger partial charge on any atom is -0.462 e. The van der Waals surface area contributed by atoms with Crippen LogP contribution in [0.1, 0.15) is 60.8 Å². The molecule has 0 radical (unpaired) electrons. The molecule has 0 unspecified atom stereocenters. The average Bonchev–Trinajstić information content (AvgIpc) is 3.00. The van der Waals surface area contributed by atoms with Crippen LogP contribution in [-0.2, 0) is 28.6 Å². The largest absolute Gasteiger partial charge is 0.462 e. The molecule has 34 heavy (non-hydrogen) atoms. The lowest BCUT2D eigenvalue weighted by Crippen LogP contribution is -2.82. The number of aliphatic hydroxyl groups excluding tert-OH is 1. The van der Waals surface area contributed by atoms with Crippen LogP contribution in [0.3, 0.4) is 0 Å². The first kappa shape index (κ1) is 25.1. The Morgan fingerprint density at radius 3 is 2.21 bits per heavy atom. The van der Waals surface area contributed by atoms with Crippen molar-refractivity contribution in [3.8, 4) is 0 Å². The van der Waals surface area contributed by atoms with Crippen LogP contribution in [0.2, 0.25) is 0 Å². The molecule has 190 valence electrons. The normalized spacial score (nSPS) is 49.1. The van der Waals surface area contributed by atoms with E-state index in [1.54, 1.807) is 20.8 Å². The summed E-state index contributed by atoms with van der Waals surface area (Å²) in [6.45, 7) is 8.95. The number of rotatable bonds is 2. The zero-order valence-corrected chi connectivity index (χ0v) is 20.3. The number of carbonyl (C=O) groups excluding carboxylic acids is 3. The Bertz CT molecular complexity index is 969. The van der Waals surface area contributed by atoms with E-state index in [9.17, 15) is 34.8 Å². The minimum absolute atomic E-state index is 0.111. The summed E-state index contributed by atoms with van der Waals surface area (Å²) in [6, 6.07) is 0. The lowest BCUT2D eigenvalue weighted by atomic mass is 9.38. The summed E-state index contributed by atoms with van der Waals surface area (Å²) in [6.07, 6.45) is -2.49. The number of ether oxygens (including phenoxy) is 3. The van der Waals surface area contributed by atoms with E-state index in [1.807, 2.05) is 0 Å². The van der Waals surface area contributed by atoms with E-state index in [1.165, 1.54) is 13.8 Å². The first-order valence-electron chi connectivity index (χ1n) is 11.6. The molecule has 3 saturated carbocycles. The molecule has 0 saturated heterocycles. The molecule has 10 heteroatoms. The maximum absolute atomic E-state index is 12.5. The Morgan fingerprint density at radius 1 is 1.06 bits per heavy atom. The topological polar surface area (TPSA) is 160 Å². The van der Waals surface area contributed by atoms with Crippen molar-refractivity contribution in [2.24, 2.45) is 22.7 Å². The Hall–Kier alpha value is -2.01. The van der Waals surface area contributed by atoms with Crippen molar-refractivity contribution in [2.45, 2.75) is 96.1 Å². The van der Waals surface area contributed by atoms with Crippen LogP contribution in [0, 0.1) is 22.7 Å². The monoisotopic (exact) mass is 482 g/mol. The standard InChI is InChI=1S/C24H34O10/c1-11(25)32-15-7-8-20(3,4)24(31)19(33-12(2)26)18(28)17-13(21(15,24)5)10-23(30)14(22(17,6)29)9-16(27)34-23/h9,13,15,17-19,28-31H,7-8,10H2,1-6H3/t13-,15-,17-,18+,19-,21-,22+,23+,24+/m0/s1. The number of esters is 3. The summed E-state index contributed by atoms with van der Waals surface area (Å²) in [5.74, 6) is -6.35. The molecule has 0 aromatic heterocycles. The molecule has 3 aliphatic carbocycles. The second kappa shape index (κ2) is 7.25. The van der Waals surface area contributed by atoms with Crippen LogP contribution in [-0.4, -0.2) is 73.6 Å². The molecule has 0 aromatic rings. The number of aliphatic hydroxyl groups is 4. The van der Waals surface area contributed by atoms with Gasteiger partial charge in [-0.25, -0.2) is 4.79 Å². The molecule has 4 aliphatic rings. The van der Waals surface area contributed by atoms with Gasteiger partial charge >= 0.3 is 17.9 Å². The molecule has 4 N–H and O–H groups in total. The molecule has 10 nitrogen and oxygen atoms in total. The summed E-state index contributed by atoms with van der Waals surface area (Å²) in [5, 5.41) is 47.1. The van der Waals surface area contributed by atoms with E-state index < -0.39 is 75.9 Å². The van der Waals surface area contributed by atoms with Crippen LogP contribution in [0.25, 0.3) is 0 Å². The van der Waals surface area contributed by atoms with Gasteiger partial charge in [-0.15, -0.1) is 0 Å². The van der Waals surface area contributed by atoms with Crippen molar-refractivity contribution in [2.75, 3.05) is 0 Å². The van der Waals surface area contributed by atoms with Gasteiger partial charge in [-0.3, -0.25) is 9.59 Å². The molecule has 0 spiro atoms. The third-order valence-corrected chi connectivity index (χ3v) is 9.09. The van der Waals surface area contributed by atoms with Gasteiger partial charge in [0.05, 0.1) is 5.60 Å². The first-order valence-corrected chi connectivity index (χ1v) is 11.6. The van der Waals surface area contributed by atoms with E-state index in [4.69, 9.17) is 14.2 Å². The Labute approximate surface area is 197 Å². The Kier molecular flexibility index (Phi) is 5.35. The second-order valence-electron chi connectivity index (χ2n) is 11.3. The predicted molar refractivity (Wildman–Crippen MR) is 115 cm³/mol. The van der Waals surface area contributed by atoms with Crippen molar-refractivity contribution in [1.82, 2.24) is 0 Å². The summed E-state index contributed by atoms with van der Waals surface area (Å²) in [5.41, 5.74) is -6.40. The van der Waals surface area contributed by atoms with Gasteiger partial charge in [0, 0.05) is 43.3 Å². The van der Waals surface area contributed by atoms with Crippen LogP contribution in [0.5, 0.6) is 0 Å². The lowest BCUT2D eigenvalue weighted by molar-refractivity contribution is -0.361. The Balaban J connectivity index is 2.00. The SMILES string of the molecule is CC(=O)O[C@H]1CCC(C)(C)[C@]2(O)[C@@H](OC(C)=O)[C@H](O)[C@@H]3[C@H](C[C@@]4(O)OC(=O)C=C4[C@@]3(C)O)[C@@]12C. The quantitative estimate of drug-likeness (QED) is 0.319. The fourth-order valence-corrected chi connectivity index (χ4v) is 7.65. The molecule has 4 rings (SSSR count). The van der Waals surface area contributed by atoms with E-state index in [0.29, 0.717) is 12.8 Å². The highest BCUT2D eigenvalue weighted by atomic mass is 16.7. The summed E-state index contributed by atoms with van der Waals surface area (Å²) in [7, 11) is 0. The third-order valence-electron chi connectivity index (χ3n) is 9.09. The molecule has 3 fully saturated rings. The van der Waals surface area contributed by atoms with Gasteiger partial charge in [-0.1, -0.05) is 20.8 Å². The van der Waals surface area contributed by atoms with Gasteiger partial charge in [0.15, 0.2) is 6.10 Å². The number of hydrogen-bond acceptors (Lipinski definition) is 10. The van der Waals surface area contributed by atoms with Crippen molar-refractivity contribution < 1.29 is 49.0 Å². The highest BCUT2D eigenvalue weighted by molar-refractivity contribution is 5.87. The van der Waals surface area contributed by atoms with Crippen molar-refractivity contribution in [3.63, 3.8) is 0 Å². The molecule has 1 heterocycles. The van der Waals surface area contributed by atoms with Crippen LogP contribution >= 0.6 is 0 Å². The van der Waals surface area contributed by atoms with Crippen LogP contribution < -0.4 is 0 Å². The van der Waals surface area contributed by atoms with E-state index in [0.717, 1.165) is 13.0 Å². The highest BCUT2D eigenvalue weighted by Gasteiger charge is 2.79. The van der Waals surface area contributed by atoms with Crippen molar-refractivity contribution >= 4 is 17.9 Å². The average molecular weight is 483 g/mol. The third kappa shape index (κ3) is 2.98. The zero-order chi connectivity index (χ0) is 25.6. The van der Waals surface area contributed by atoms with Gasteiger partial charge in [-0.2, -0.15) is 0 Å². The van der Waals surface area contributed by atoms with Crippen LogP contribution in [0.15, 0.2) is 11.6 Å². The van der Waals surface area contributed by atoms with Crippen LogP contribution in [0.4, 0.5) is 0 Å². The van der Waals surface area contributed by atoms with Gasteiger partial charge in [0.2, 0.25) is 5.79 Å². The van der Waals surface area contributed by atoms with E-state index >= 15 is 0 Å². The molecule has 0 amide bonds. The van der Waals surface area contributed by atoms with Gasteiger partial charge in [0.1, 0.15) is 17.8 Å². The maximum Gasteiger partial charge on any atom is 0.333 e. The van der Waals surface area contributed by atoms with E-state index in [2.05, 4.69) is 0 Å². The highest BCUT2D eigenvalue weighted by Crippen LogP contribution is 2.69. The summed E-state index contributed by atoms with van der Waals surface area (Å²) in [4.78, 5) is 36.3. The minimum atomic E-state index is -2.16. The molecule has 9 atom stereocenters. The maximum atomic E-state index is 12.5. The second-order valence-corrected chi connectivity index (χ2v) is 11.3. The Morgan fingerprint density at radius 2 is 1.65 bits per heavy atom. The summed E-state index contributed by atoms with van der Waals surface area (Å²) >= 11 is 0. The summed E-state index contributed by atoms with van der Waals surface area (Å²) < 4.78 is 16.4. The number of hydrogen-bond donors (Lipinski definition) is 4. The van der Waals surface area contributed by atoms with E-state index in [-0.39, 0.29) is 12.0 Å². The lowest BCUT2D eigenvalue weighted by Gasteiger charge is -2.71. The molecule has 0 bridgehead atoms. The van der Waals surface area contributed by atoms with Gasteiger partial charge in [-0.05, 0) is 31.1 Å². The molecule has 1 aliphatic heterocycles. The molecular formula is C24H34O10. The number of carbonyl (C=O) groups is 3.